The van der Waals surface area contributed by atoms with Crippen LogP contribution in [0.5, 0.6) is 0 Å². The van der Waals surface area contributed by atoms with Crippen LogP contribution in [0.15, 0.2) is 108 Å². The van der Waals surface area contributed by atoms with Gasteiger partial charge in [0.2, 0.25) is 0 Å². The van der Waals surface area contributed by atoms with Crippen LogP contribution in [0.1, 0.15) is 79.0 Å². The fourth-order valence-electron chi connectivity index (χ4n) is 6.46. The van der Waals surface area contributed by atoms with Crippen molar-refractivity contribution in [1.82, 2.24) is 9.97 Å². The number of hydrogen-bond acceptors (Lipinski definition) is 3. The second kappa shape index (κ2) is 10.9. The van der Waals surface area contributed by atoms with Crippen LogP contribution in [-0.4, -0.2) is 9.97 Å². The van der Waals surface area contributed by atoms with E-state index in [9.17, 15) is 0 Å². The molecule has 0 radical (unpaired) electrons. The van der Waals surface area contributed by atoms with Crippen molar-refractivity contribution in [3.63, 3.8) is 0 Å². The first-order valence-electron chi connectivity index (χ1n) is 16.7. The molecular formula is C44H44N2O. The maximum atomic E-state index is 6.98. The molecule has 7 rings (SSSR count). The van der Waals surface area contributed by atoms with E-state index in [0.717, 1.165) is 55.4 Å². The van der Waals surface area contributed by atoms with Gasteiger partial charge in [0.05, 0.1) is 11.2 Å². The summed E-state index contributed by atoms with van der Waals surface area (Å²) in [6, 6.07) is 36.7. The minimum Gasteiger partial charge on any atom is -0.455 e. The first-order valence-corrected chi connectivity index (χ1v) is 16.7. The largest absolute Gasteiger partial charge is 0.455 e. The Kier molecular flexibility index (Phi) is 7.17. The lowest BCUT2D eigenvalue weighted by Crippen LogP contribution is -2.16. The monoisotopic (exact) mass is 616 g/mol. The molecule has 2 aromatic heterocycles. The zero-order chi connectivity index (χ0) is 33.3. The minimum atomic E-state index is -0.0792. The molecule has 0 fully saturated rings. The van der Waals surface area contributed by atoms with Crippen LogP contribution in [0.4, 0.5) is 0 Å². The average Bonchev–Trinajstić information content (AvgIpc) is 3.41. The standard InChI is InChI=1S/C44H44N2O/c1-42(2,3)30-23-33(39-34(24-30)35-25-31(43(4,5)6)26-36(40(35)47-39)44(7,8)9)28-18-15-19-29(22-28)41-45-37-21-14-13-20-32(37)38(46-41)27-16-11-10-12-17-27/h10-26H,1-9H3. The van der Waals surface area contributed by atoms with Crippen LogP contribution in [0.25, 0.3) is 66.6 Å². The summed E-state index contributed by atoms with van der Waals surface area (Å²) >= 11 is 0. The Morgan fingerprint density at radius 2 is 1.06 bits per heavy atom. The maximum Gasteiger partial charge on any atom is 0.160 e. The van der Waals surface area contributed by atoms with Crippen LogP contribution in [0.3, 0.4) is 0 Å². The van der Waals surface area contributed by atoms with Gasteiger partial charge in [0.15, 0.2) is 5.82 Å². The molecule has 0 aliphatic heterocycles. The Hall–Kier alpha value is -4.76. The van der Waals surface area contributed by atoms with E-state index in [1.165, 1.54) is 22.1 Å². The van der Waals surface area contributed by atoms with E-state index in [0.29, 0.717) is 5.82 Å². The highest BCUT2D eigenvalue weighted by molar-refractivity contribution is 6.11. The summed E-state index contributed by atoms with van der Waals surface area (Å²) in [4.78, 5) is 10.2. The lowest BCUT2D eigenvalue weighted by atomic mass is 9.79. The number of nitrogens with zero attached hydrogens (tertiary/aromatic N) is 2. The molecule has 0 aliphatic rings. The Labute approximate surface area is 278 Å². The van der Waals surface area contributed by atoms with Crippen molar-refractivity contribution in [2.45, 2.75) is 78.6 Å². The second-order valence-corrected chi connectivity index (χ2v) is 16.0. The van der Waals surface area contributed by atoms with Crippen LogP contribution >= 0.6 is 0 Å². The van der Waals surface area contributed by atoms with E-state index in [-0.39, 0.29) is 16.2 Å². The third-order valence-electron chi connectivity index (χ3n) is 9.29. The molecule has 5 aromatic carbocycles. The van der Waals surface area contributed by atoms with Crippen molar-refractivity contribution in [3.05, 3.63) is 120 Å². The molecule has 7 aromatic rings. The Morgan fingerprint density at radius 3 is 1.74 bits per heavy atom. The summed E-state index contributed by atoms with van der Waals surface area (Å²) in [5.74, 6) is 0.710. The molecule has 0 saturated carbocycles. The van der Waals surface area contributed by atoms with Crippen LogP contribution < -0.4 is 0 Å². The van der Waals surface area contributed by atoms with Crippen molar-refractivity contribution in [1.29, 1.82) is 0 Å². The predicted molar refractivity (Wildman–Crippen MR) is 199 cm³/mol. The van der Waals surface area contributed by atoms with Crippen molar-refractivity contribution >= 4 is 32.8 Å². The minimum absolute atomic E-state index is 0.00897. The summed E-state index contributed by atoms with van der Waals surface area (Å²) < 4.78 is 6.98. The van der Waals surface area contributed by atoms with Crippen LogP contribution in [0.2, 0.25) is 0 Å². The van der Waals surface area contributed by atoms with Gasteiger partial charge < -0.3 is 4.42 Å². The van der Waals surface area contributed by atoms with E-state index >= 15 is 0 Å². The van der Waals surface area contributed by atoms with Gasteiger partial charge >= 0.3 is 0 Å². The lowest BCUT2D eigenvalue weighted by Gasteiger charge is -2.25. The van der Waals surface area contributed by atoms with Gasteiger partial charge in [0, 0.05) is 38.4 Å². The van der Waals surface area contributed by atoms with Gasteiger partial charge in [-0.25, -0.2) is 9.97 Å². The molecule has 0 atom stereocenters. The molecule has 0 bridgehead atoms. The zero-order valence-corrected chi connectivity index (χ0v) is 29.1. The molecule has 0 amide bonds. The normalized spacial score (nSPS) is 12.8. The van der Waals surface area contributed by atoms with Crippen molar-refractivity contribution < 1.29 is 4.42 Å². The molecule has 0 aliphatic carbocycles. The zero-order valence-electron chi connectivity index (χ0n) is 29.1. The molecule has 3 heteroatoms. The Balaban J connectivity index is 1.49. The van der Waals surface area contributed by atoms with Crippen molar-refractivity contribution in [3.8, 4) is 33.8 Å². The molecule has 3 nitrogen and oxygen atoms in total. The molecule has 0 saturated heterocycles. The molecule has 0 unspecified atom stereocenters. The van der Waals surface area contributed by atoms with E-state index in [4.69, 9.17) is 14.4 Å². The van der Waals surface area contributed by atoms with Gasteiger partial charge in [0.25, 0.3) is 0 Å². The van der Waals surface area contributed by atoms with Gasteiger partial charge in [0.1, 0.15) is 11.2 Å². The number of hydrogen-bond donors (Lipinski definition) is 0. The topological polar surface area (TPSA) is 38.9 Å². The number of benzene rings is 5. The first kappa shape index (κ1) is 30.9. The van der Waals surface area contributed by atoms with E-state index in [1.54, 1.807) is 0 Å². The average molecular weight is 617 g/mol. The number of aromatic nitrogens is 2. The second-order valence-electron chi connectivity index (χ2n) is 16.0. The Morgan fingerprint density at radius 1 is 0.468 bits per heavy atom. The third kappa shape index (κ3) is 5.63. The van der Waals surface area contributed by atoms with Crippen LogP contribution in [-0.2, 0) is 16.2 Å². The maximum absolute atomic E-state index is 6.98. The van der Waals surface area contributed by atoms with Gasteiger partial charge in [-0.1, -0.05) is 135 Å². The summed E-state index contributed by atoms with van der Waals surface area (Å²) in [5, 5.41) is 3.40. The summed E-state index contributed by atoms with van der Waals surface area (Å²) in [5.41, 5.74) is 11.7. The molecular weight excluding hydrogens is 572 g/mol. The highest BCUT2D eigenvalue weighted by Gasteiger charge is 2.27. The molecule has 47 heavy (non-hydrogen) atoms. The fourth-order valence-corrected chi connectivity index (χ4v) is 6.46. The van der Waals surface area contributed by atoms with Gasteiger partial charge in [-0.3, -0.25) is 0 Å². The summed E-state index contributed by atoms with van der Waals surface area (Å²) in [7, 11) is 0. The SMILES string of the molecule is CC(C)(C)c1cc(-c2cccc(-c3nc(-c4ccccc4)c4ccccc4n3)c2)c2oc3c(C(C)(C)C)cc(C(C)(C)C)cc3c2c1. The highest BCUT2D eigenvalue weighted by Crippen LogP contribution is 2.44. The van der Waals surface area contributed by atoms with E-state index in [1.807, 2.05) is 12.1 Å². The molecule has 0 spiro atoms. The molecule has 0 N–H and O–H groups in total. The smallest absolute Gasteiger partial charge is 0.160 e. The van der Waals surface area contributed by atoms with Crippen molar-refractivity contribution in [2.75, 3.05) is 0 Å². The van der Waals surface area contributed by atoms with Crippen LogP contribution in [0, 0.1) is 0 Å². The number of para-hydroxylation sites is 1. The van der Waals surface area contributed by atoms with Gasteiger partial charge in [-0.15, -0.1) is 0 Å². The fraction of sp³-hybridized carbons (Fsp3) is 0.273. The number of rotatable bonds is 3. The van der Waals surface area contributed by atoms with Gasteiger partial charge in [-0.05, 0) is 63.3 Å². The number of furan rings is 1. The van der Waals surface area contributed by atoms with Crippen molar-refractivity contribution in [2.24, 2.45) is 0 Å². The first-order chi connectivity index (χ1) is 22.2. The van der Waals surface area contributed by atoms with E-state index < -0.39 is 0 Å². The Bertz CT molecular complexity index is 2290. The highest BCUT2D eigenvalue weighted by atomic mass is 16.3. The van der Waals surface area contributed by atoms with Gasteiger partial charge in [-0.2, -0.15) is 0 Å². The number of fused-ring (bicyclic) bond motifs is 4. The molecule has 2 heterocycles. The predicted octanol–water partition coefficient (Wildman–Crippen LogP) is 12.4. The summed E-state index contributed by atoms with van der Waals surface area (Å²) in [6.07, 6.45) is 0. The summed E-state index contributed by atoms with van der Waals surface area (Å²) in [6.45, 7) is 20.6. The third-order valence-corrected chi connectivity index (χ3v) is 9.29. The quantitative estimate of drug-likeness (QED) is 0.198. The van der Waals surface area contributed by atoms with E-state index in [2.05, 4.69) is 153 Å². The molecule has 236 valence electrons. The lowest BCUT2D eigenvalue weighted by molar-refractivity contribution is 0.559.